The summed E-state index contributed by atoms with van der Waals surface area (Å²) < 4.78 is 5.88. The Morgan fingerprint density at radius 1 is 0.647 bits per heavy atom. The smallest absolute Gasteiger partial charge is 0.866 e. The maximum atomic E-state index is 12.2. The fourth-order valence-corrected chi connectivity index (χ4v) is 4.67. The predicted octanol–water partition coefficient (Wildman–Crippen LogP) is 6.80. The van der Waals surface area contributed by atoms with Crippen LogP contribution in [-0.2, 0) is 29.0 Å². The van der Waals surface area contributed by atoms with Crippen molar-refractivity contribution in [3.63, 3.8) is 0 Å². The molecule has 0 rings (SSSR count). The van der Waals surface area contributed by atoms with Gasteiger partial charge in [-0.25, -0.2) is 0 Å². The van der Waals surface area contributed by atoms with Gasteiger partial charge in [0.15, 0.2) is 0 Å². The maximum absolute atomic E-state index is 12.2. The van der Waals surface area contributed by atoms with E-state index in [4.69, 9.17) is 17.0 Å². The molecule has 0 aromatic rings. The van der Waals surface area contributed by atoms with E-state index >= 15 is 0 Å². The van der Waals surface area contributed by atoms with Crippen LogP contribution in [0.4, 0.5) is 0 Å². The van der Waals surface area contributed by atoms with E-state index < -0.39 is 23.0 Å². The third kappa shape index (κ3) is 21.2. The molecule has 0 fully saturated rings. The molecule has 0 aliphatic carbocycles. The number of hydrogen-bond acceptors (Lipinski definition) is 5. The number of unbranched alkanes of at least 4 members (excludes halogenated alkanes) is 18. The molecule has 6 heteroatoms. The van der Waals surface area contributed by atoms with Gasteiger partial charge in [0, 0.05) is 19.0 Å². The number of carboxylic acid groups (broad SMARTS) is 1. The zero-order chi connectivity index (χ0) is 24.6. The van der Waals surface area contributed by atoms with Crippen LogP contribution in [0.25, 0.3) is 0 Å². The van der Waals surface area contributed by atoms with Crippen molar-refractivity contribution in [2.24, 2.45) is 0 Å². The van der Waals surface area contributed by atoms with Crippen LogP contribution in [0, 0.1) is 0 Å². The number of rotatable bonds is 26. The van der Waals surface area contributed by atoms with Crippen molar-refractivity contribution in [3.8, 4) is 0 Å². The Balaban J connectivity index is 0. The van der Waals surface area contributed by atoms with Crippen LogP contribution in [0.1, 0.15) is 155 Å². The quantitative estimate of drug-likeness (QED) is 0.0674. The first-order valence-electron chi connectivity index (χ1n) is 14.0. The summed E-state index contributed by atoms with van der Waals surface area (Å²) in [4.78, 5) is 11.3. The minimum Gasteiger partial charge on any atom is -0.866 e. The van der Waals surface area contributed by atoms with E-state index in [9.17, 15) is 15.0 Å². The Hall–Kier alpha value is -0.0566. The van der Waals surface area contributed by atoms with Crippen LogP contribution in [0.3, 0.4) is 0 Å². The van der Waals surface area contributed by atoms with Crippen LogP contribution >= 0.6 is 12.2 Å². The number of thiocarbonyl (C=S) groups is 1. The van der Waals surface area contributed by atoms with E-state index in [2.05, 4.69) is 13.8 Å². The van der Waals surface area contributed by atoms with E-state index in [1.54, 1.807) is 0 Å². The number of hydrogen-bond donors (Lipinski definition) is 0. The minimum atomic E-state index is -1.38. The molecule has 0 aromatic carbocycles. The molecule has 0 spiro atoms. The first kappa shape index (κ1) is 36.1. The van der Waals surface area contributed by atoms with Crippen LogP contribution in [-0.4, -0.2) is 23.2 Å². The third-order valence-corrected chi connectivity index (χ3v) is 6.98. The largest absolute Gasteiger partial charge is 2.00 e. The fourth-order valence-electron chi connectivity index (χ4n) is 4.43. The molecule has 0 aliphatic heterocycles. The van der Waals surface area contributed by atoms with Gasteiger partial charge in [-0.15, -0.1) is 0 Å². The summed E-state index contributed by atoms with van der Waals surface area (Å²) in [5, 5.41) is 22.9. The summed E-state index contributed by atoms with van der Waals surface area (Å²) in [6.07, 6.45) is 24.0. The topological polar surface area (TPSA) is 72.4 Å². The molecule has 196 valence electrons. The molecular formula is C28H52O4SZn. The zero-order valence-electron chi connectivity index (χ0n) is 22.5. The molecule has 0 radical (unpaired) electrons. The van der Waals surface area contributed by atoms with Gasteiger partial charge in [0.05, 0.1) is 5.60 Å². The molecule has 0 heterocycles. The van der Waals surface area contributed by atoms with Crippen molar-refractivity contribution < 1.29 is 39.2 Å². The van der Waals surface area contributed by atoms with Gasteiger partial charge in [-0.1, -0.05) is 148 Å². The molecule has 1 unspecified atom stereocenters. The van der Waals surface area contributed by atoms with E-state index in [1.165, 1.54) is 89.9 Å². The summed E-state index contributed by atoms with van der Waals surface area (Å²) in [6.45, 7) is 4.86. The van der Waals surface area contributed by atoms with Crippen molar-refractivity contribution in [2.45, 2.75) is 161 Å². The Morgan fingerprint density at radius 2 is 1.00 bits per heavy atom. The van der Waals surface area contributed by atoms with Crippen LogP contribution in [0.15, 0.2) is 0 Å². The molecule has 0 N–H and O–H groups in total. The zero-order valence-corrected chi connectivity index (χ0v) is 26.3. The number of carboxylic acids is 1. The normalized spacial score (nSPS) is 12.8. The molecule has 1 atom stereocenters. The van der Waals surface area contributed by atoms with E-state index in [1.807, 2.05) is 0 Å². The van der Waals surface area contributed by atoms with Crippen LogP contribution < -0.4 is 10.2 Å². The molecule has 0 saturated carbocycles. The summed E-state index contributed by atoms with van der Waals surface area (Å²) in [5.74, 6) is -1.26. The number of carbonyl (C=O) groups excluding carboxylic acids is 1. The first-order valence-corrected chi connectivity index (χ1v) is 14.4. The predicted molar refractivity (Wildman–Crippen MR) is 139 cm³/mol. The summed E-state index contributed by atoms with van der Waals surface area (Å²) >= 11 is 4.92. The van der Waals surface area contributed by atoms with Gasteiger partial charge in [0.2, 0.25) is 0 Å². The Bertz CT molecular complexity index is 475. The van der Waals surface area contributed by atoms with Crippen molar-refractivity contribution in [1.29, 1.82) is 0 Å². The SMILES string of the molecule is CCCCCCCCCCCCOC(CCCCCCCCCCCC)(CC(=O)[O-])C([O-])=S.[Zn+2]. The maximum Gasteiger partial charge on any atom is 2.00 e. The Morgan fingerprint density at radius 3 is 1.35 bits per heavy atom. The minimum absolute atomic E-state index is 0. The number of ether oxygens (including phenoxy) is 1. The van der Waals surface area contributed by atoms with Gasteiger partial charge in [-0.3, -0.25) is 0 Å². The number of carbonyl (C=O) groups is 1. The molecule has 0 aliphatic rings. The van der Waals surface area contributed by atoms with E-state index in [0.29, 0.717) is 13.0 Å². The van der Waals surface area contributed by atoms with Crippen LogP contribution in [0.5, 0.6) is 0 Å². The molecule has 0 bridgehead atoms. The van der Waals surface area contributed by atoms with Crippen molar-refractivity contribution in [3.05, 3.63) is 0 Å². The molecule has 34 heavy (non-hydrogen) atoms. The van der Waals surface area contributed by atoms with Gasteiger partial charge in [0.1, 0.15) is 0 Å². The molecule has 0 amide bonds. The standard InChI is InChI=1S/C28H54O4S.Zn/c1-3-5-7-9-11-13-15-17-19-21-23-28(27(31)33,25-26(29)30)32-24-22-20-18-16-14-12-10-8-6-4-2;/h3-25H2,1-2H3,(H,29,30)(H,31,33);/q;+2/p-2. The molecule has 0 aromatic heterocycles. The summed E-state index contributed by atoms with van der Waals surface area (Å²) in [6, 6.07) is 0. The van der Waals surface area contributed by atoms with E-state index in [0.717, 1.165) is 38.5 Å². The second kappa shape index (κ2) is 26.0. The third-order valence-electron chi connectivity index (χ3n) is 6.61. The van der Waals surface area contributed by atoms with Gasteiger partial charge in [0.25, 0.3) is 0 Å². The average molecular weight is 550 g/mol. The second-order valence-corrected chi connectivity index (χ2v) is 10.2. The Labute approximate surface area is 229 Å². The molecule has 0 saturated heterocycles. The van der Waals surface area contributed by atoms with Gasteiger partial charge in [-0.05, 0) is 17.9 Å². The summed E-state index contributed by atoms with van der Waals surface area (Å²) in [5.41, 5.74) is -1.38. The second-order valence-electron chi connectivity index (χ2n) is 9.79. The summed E-state index contributed by atoms with van der Waals surface area (Å²) in [7, 11) is 0. The monoisotopic (exact) mass is 548 g/mol. The van der Waals surface area contributed by atoms with Gasteiger partial charge >= 0.3 is 19.5 Å². The first-order chi connectivity index (χ1) is 16.0. The van der Waals surface area contributed by atoms with Crippen molar-refractivity contribution in [2.75, 3.05) is 6.61 Å². The van der Waals surface area contributed by atoms with E-state index in [-0.39, 0.29) is 19.5 Å². The van der Waals surface area contributed by atoms with Crippen LogP contribution in [0.2, 0.25) is 0 Å². The number of aliphatic carboxylic acids is 1. The van der Waals surface area contributed by atoms with Crippen molar-refractivity contribution >= 4 is 23.2 Å². The Kier molecular flexibility index (Phi) is 27.6. The molecular weight excluding hydrogens is 498 g/mol. The van der Waals surface area contributed by atoms with Crippen molar-refractivity contribution in [1.82, 2.24) is 0 Å². The van der Waals surface area contributed by atoms with Gasteiger partial charge < -0.3 is 19.7 Å². The average Bonchev–Trinajstić information content (AvgIpc) is 2.78. The molecule has 4 nitrogen and oxygen atoms in total. The van der Waals surface area contributed by atoms with Gasteiger partial charge in [-0.2, -0.15) is 0 Å². The fraction of sp³-hybridized carbons (Fsp3) is 0.929.